The van der Waals surface area contributed by atoms with Crippen molar-refractivity contribution in [3.05, 3.63) is 0 Å². The number of hydroxylamine groups is 8. The average Bonchev–Trinajstić information content (AvgIpc) is 1.75. The quantitative estimate of drug-likeness (QED) is 0.0513. The second-order valence-electron chi connectivity index (χ2n) is 28.4. The number of hydrogen-bond acceptors (Lipinski definition) is 24. The van der Waals surface area contributed by atoms with E-state index in [9.17, 15) is 57.5 Å². The number of imide groups is 4. The summed E-state index contributed by atoms with van der Waals surface area (Å²) < 4.78 is 54.5. The van der Waals surface area contributed by atoms with Crippen LogP contribution in [0.15, 0.2) is 0 Å². The number of hydrogen-bond donors (Lipinski definition) is 0. The van der Waals surface area contributed by atoms with Crippen LogP contribution in [-0.4, -0.2) is 189 Å². The molecule has 4 fully saturated rings. The summed E-state index contributed by atoms with van der Waals surface area (Å²) in [7, 11) is 0. The number of ether oxygens (including phenoxy) is 8. The van der Waals surface area contributed by atoms with Gasteiger partial charge in [-0.1, -0.05) is 55.4 Å². The Labute approximate surface area is 572 Å². The Morgan fingerprint density at radius 1 is 0.268 bits per heavy atom. The summed E-state index contributed by atoms with van der Waals surface area (Å²) in [4.78, 5) is 172. The molecule has 4 saturated heterocycles. The maximum absolute atomic E-state index is 13.2. The minimum Gasteiger partial charge on any atom is -0.375 e. The van der Waals surface area contributed by atoms with E-state index in [1.54, 1.807) is 27.7 Å². The van der Waals surface area contributed by atoms with Crippen molar-refractivity contribution in [2.24, 2.45) is 5.41 Å². The highest BCUT2D eigenvalue weighted by molar-refractivity contribution is 6.03. The molecular weight excluding hydrogens is 1270 g/mol. The smallest absolute Gasteiger partial charge is 0.336 e. The molecule has 0 aromatic rings. The van der Waals surface area contributed by atoms with Gasteiger partial charge in [-0.2, -0.15) is 0 Å². The van der Waals surface area contributed by atoms with Crippen molar-refractivity contribution in [3.8, 4) is 0 Å². The van der Waals surface area contributed by atoms with Crippen LogP contribution < -0.4 is 0 Å². The average molecular weight is 1380 g/mol. The molecule has 28 nitrogen and oxygen atoms in total. The highest BCUT2D eigenvalue weighted by Crippen LogP contribution is 2.37. The molecule has 0 aromatic heterocycles. The first-order valence-corrected chi connectivity index (χ1v) is 34.7. The van der Waals surface area contributed by atoms with Gasteiger partial charge in [-0.25, -0.2) is 19.2 Å². The molecule has 28 heteroatoms. The lowest BCUT2D eigenvalue weighted by Gasteiger charge is -2.44. The fourth-order valence-corrected chi connectivity index (χ4v) is 10.5. The van der Waals surface area contributed by atoms with E-state index < -0.39 is 121 Å². The number of amides is 8. The molecule has 4 aliphatic rings. The Morgan fingerprint density at radius 3 is 0.567 bits per heavy atom. The summed E-state index contributed by atoms with van der Waals surface area (Å²) >= 11 is 0. The highest BCUT2D eigenvalue weighted by Gasteiger charge is 2.45. The normalized spacial score (nSPS) is 21.1. The topological polar surface area (TPSA) is 329 Å². The third-order valence-electron chi connectivity index (χ3n) is 20.1. The fraction of sp³-hybridized carbons (Fsp3) is 0.826. The molecule has 0 saturated carbocycles. The third kappa shape index (κ3) is 25.4. The lowest BCUT2D eigenvalue weighted by atomic mass is 9.88. The van der Waals surface area contributed by atoms with Crippen molar-refractivity contribution in [1.82, 2.24) is 20.3 Å². The van der Waals surface area contributed by atoms with Crippen molar-refractivity contribution in [1.29, 1.82) is 0 Å². The van der Waals surface area contributed by atoms with Gasteiger partial charge in [0.1, 0.15) is 0 Å². The van der Waals surface area contributed by atoms with Crippen LogP contribution in [0.25, 0.3) is 0 Å². The van der Waals surface area contributed by atoms with Crippen LogP contribution in [0.3, 0.4) is 0 Å². The molecule has 4 heterocycles. The molecule has 0 radical (unpaired) electrons. The van der Waals surface area contributed by atoms with Gasteiger partial charge in [-0.15, -0.1) is 20.3 Å². The van der Waals surface area contributed by atoms with E-state index in [2.05, 4.69) is 0 Å². The zero-order chi connectivity index (χ0) is 72.9. The molecule has 8 amide bonds. The van der Waals surface area contributed by atoms with Crippen molar-refractivity contribution in [3.63, 3.8) is 0 Å². The second kappa shape index (κ2) is 36.5. The Morgan fingerprint density at radius 2 is 0.423 bits per heavy atom. The summed E-state index contributed by atoms with van der Waals surface area (Å²) in [5.74, 6) is -7.96. The van der Waals surface area contributed by atoms with E-state index in [1.807, 2.05) is 83.1 Å². The molecule has 552 valence electrons. The van der Waals surface area contributed by atoms with Gasteiger partial charge in [0.05, 0.1) is 129 Å². The third-order valence-corrected chi connectivity index (χ3v) is 20.1. The van der Waals surface area contributed by atoms with Crippen molar-refractivity contribution in [2.45, 2.75) is 310 Å². The Balaban J connectivity index is 1.70. The summed E-state index contributed by atoms with van der Waals surface area (Å²) in [5.41, 5.74) is -8.98. The molecule has 0 N–H and O–H groups in total. The first-order valence-electron chi connectivity index (χ1n) is 34.7. The molecular formula is C69H112N4O24. The SMILES string of the molecule is CCC(C)(CCOC(C)(CC)CC(=O)ON1C(=O)CCC1=O)OCC(COC(C)(CC)CCOC(C)(CC)CC(=O)ON1C(=O)CCC1=O)(COC(C)(CC)CCOC(C)(CC)CC(=O)ON1C(=O)CCC1=O)COC(C)(CC)CCOC(C)(CC)CC(=O)ON1C(=O)CCC1=O. The highest BCUT2D eigenvalue weighted by atomic mass is 16.7. The van der Waals surface area contributed by atoms with Gasteiger partial charge in [0, 0.05) is 51.4 Å². The van der Waals surface area contributed by atoms with Crippen molar-refractivity contribution >= 4 is 71.1 Å². The predicted molar refractivity (Wildman–Crippen MR) is 345 cm³/mol. The monoisotopic (exact) mass is 1380 g/mol. The molecule has 0 aromatic carbocycles. The van der Waals surface area contributed by atoms with Crippen LogP contribution in [0.1, 0.15) is 265 Å². The lowest BCUT2D eigenvalue weighted by Crippen LogP contribution is -2.50. The maximum atomic E-state index is 13.2. The fourth-order valence-electron chi connectivity index (χ4n) is 10.5. The molecule has 4 rings (SSSR count). The Hall–Kier alpha value is -5.88. The standard InChI is InChI=1S/C69H112N4O24/c1-17-61(9,33-37-86-65(13,21-5)41-57(82)94-70-49(74)25-26-50(70)75)90-45-69(46-91-62(10,18-2)34-38-87-66(14,22-6)42-58(83)95-71-51(76)27-28-52(71)77,47-92-63(11,19-3)35-39-88-67(15,23-7)43-59(84)96-72-53(78)29-30-54(72)79)48-93-64(12,20-4)36-40-89-68(16,24-8)44-60(85)97-73-55(80)31-32-56(73)81/h17-48H2,1-16H3. The number of carbonyl (C=O) groups is 12. The van der Waals surface area contributed by atoms with E-state index in [0.29, 0.717) is 97.3 Å². The molecule has 0 bridgehead atoms. The zero-order valence-corrected chi connectivity index (χ0v) is 60.7. The molecule has 4 aliphatic heterocycles. The first kappa shape index (κ1) is 83.5. The predicted octanol–water partition coefficient (Wildman–Crippen LogP) is 9.00. The van der Waals surface area contributed by atoms with Crippen LogP contribution in [0.5, 0.6) is 0 Å². The number of nitrogens with zero attached hydrogens (tertiary/aromatic N) is 4. The van der Waals surface area contributed by atoms with Gasteiger partial charge in [-0.05, 0) is 132 Å². The zero-order valence-electron chi connectivity index (χ0n) is 60.7. The van der Waals surface area contributed by atoms with Crippen LogP contribution in [0.4, 0.5) is 0 Å². The summed E-state index contributed by atoms with van der Waals surface area (Å²) in [5, 5.41) is 2.04. The Kier molecular flexibility index (Phi) is 31.4. The van der Waals surface area contributed by atoms with Gasteiger partial charge >= 0.3 is 23.9 Å². The lowest BCUT2D eigenvalue weighted by molar-refractivity contribution is -0.210. The summed E-state index contributed by atoms with van der Waals surface area (Å²) in [6.45, 7) is 30.5. The first-order chi connectivity index (χ1) is 45.3. The minimum atomic E-state index is -1.15. The van der Waals surface area contributed by atoms with Gasteiger partial charge in [-0.3, -0.25) is 38.4 Å². The van der Waals surface area contributed by atoms with Crippen LogP contribution in [0.2, 0.25) is 0 Å². The van der Waals surface area contributed by atoms with E-state index in [-0.39, 0.29) is 130 Å². The molecule has 97 heavy (non-hydrogen) atoms. The second-order valence-corrected chi connectivity index (χ2v) is 28.4. The maximum Gasteiger partial charge on any atom is 0.336 e. The molecule has 0 aliphatic carbocycles. The van der Waals surface area contributed by atoms with Crippen LogP contribution >= 0.6 is 0 Å². The molecule has 8 unspecified atom stereocenters. The van der Waals surface area contributed by atoms with Crippen LogP contribution in [-0.2, 0) is 115 Å². The van der Waals surface area contributed by atoms with E-state index in [0.717, 1.165) is 0 Å². The number of rotatable bonds is 48. The molecule has 8 atom stereocenters. The van der Waals surface area contributed by atoms with E-state index >= 15 is 0 Å². The van der Waals surface area contributed by atoms with E-state index in [1.165, 1.54) is 0 Å². The summed E-state index contributed by atoms with van der Waals surface area (Å²) in [6, 6.07) is 0. The molecule has 0 spiro atoms. The van der Waals surface area contributed by atoms with Crippen molar-refractivity contribution < 1.29 is 115 Å². The minimum absolute atomic E-state index is 0.0242. The summed E-state index contributed by atoms with van der Waals surface area (Å²) in [6.07, 6.45) is 3.31. The van der Waals surface area contributed by atoms with Crippen LogP contribution in [0, 0.1) is 5.41 Å². The van der Waals surface area contributed by atoms with Gasteiger partial charge in [0.2, 0.25) is 0 Å². The van der Waals surface area contributed by atoms with Crippen molar-refractivity contribution in [2.75, 3.05) is 52.9 Å². The Bertz CT molecular complexity index is 2350. The van der Waals surface area contributed by atoms with Gasteiger partial charge in [0.15, 0.2) is 0 Å². The van der Waals surface area contributed by atoms with Gasteiger partial charge < -0.3 is 57.2 Å². The number of carbonyl (C=O) groups excluding carboxylic acids is 12. The van der Waals surface area contributed by atoms with E-state index in [4.69, 9.17) is 57.2 Å². The van der Waals surface area contributed by atoms with Gasteiger partial charge in [0.25, 0.3) is 47.3 Å². The largest absolute Gasteiger partial charge is 0.375 e.